The molecule has 6 rings (SSSR count). The lowest BCUT2D eigenvalue weighted by atomic mass is 9.32. The summed E-state index contributed by atoms with van der Waals surface area (Å²) in [7, 11) is 0. The third kappa shape index (κ3) is 4.15. The van der Waals surface area contributed by atoms with Gasteiger partial charge in [0.15, 0.2) is 0 Å². The zero-order valence-electron chi connectivity index (χ0n) is 26.5. The van der Waals surface area contributed by atoms with Crippen LogP contribution in [0.1, 0.15) is 118 Å². The minimum absolute atomic E-state index is 0.00887. The highest BCUT2D eigenvalue weighted by atomic mass is 16.5. The highest BCUT2D eigenvalue weighted by Gasteiger charge is 2.72. The van der Waals surface area contributed by atoms with Gasteiger partial charge >= 0.3 is 5.97 Å². The van der Waals surface area contributed by atoms with Gasteiger partial charge in [-0.1, -0.05) is 65.0 Å². The van der Waals surface area contributed by atoms with Gasteiger partial charge in [-0.15, -0.1) is 0 Å². The van der Waals surface area contributed by atoms with Gasteiger partial charge in [0.1, 0.15) is 12.4 Å². The minimum Gasteiger partial charge on any atom is -0.460 e. The van der Waals surface area contributed by atoms with E-state index in [-0.39, 0.29) is 51.4 Å². The lowest BCUT2D eigenvalue weighted by molar-refractivity contribution is -0.249. The SMILES string of the molecule is CC(=O)CC1CCC2(C(=O)OCc3ccccc3)CCC3(C)C(CCC4C5(C)CCC(O)C(C)(C)C5CCC43C)C12. The lowest BCUT2D eigenvalue weighted by Gasteiger charge is -2.72. The van der Waals surface area contributed by atoms with Gasteiger partial charge in [-0.05, 0) is 128 Å². The zero-order chi connectivity index (χ0) is 29.4. The maximum atomic E-state index is 14.2. The second-order valence-corrected chi connectivity index (χ2v) is 16.5. The fourth-order valence-electron chi connectivity index (χ4n) is 12.5. The number of aliphatic hydroxyl groups excluding tert-OH is 1. The summed E-state index contributed by atoms with van der Waals surface area (Å²) in [5.74, 6) is 2.36. The summed E-state index contributed by atoms with van der Waals surface area (Å²) < 4.78 is 6.14. The number of hydrogen-bond donors (Lipinski definition) is 1. The van der Waals surface area contributed by atoms with Gasteiger partial charge in [-0.25, -0.2) is 0 Å². The number of rotatable bonds is 5. The summed E-state index contributed by atoms with van der Waals surface area (Å²) in [6, 6.07) is 10.0. The average molecular weight is 563 g/mol. The maximum Gasteiger partial charge on any atom is 0.312 e. The van der Waals surface area contributed by atoms with Crippen molar-refractivity contribution in [3.8, 4) is 0 Å². The molecular formula is C37H54O4. The van der Waals surface area contributed by atoms with Crippen molar-refractivity contribution in [1.82, 2.24) is 0 Å². The Balaban J connectivity index is 1.34. The Labute approximate surface area is 248 Å². The van der Waals surface area contributed by atoms with Crippen LogP contribution in [0.25, 0.3) is 0 Å². The van der Waals surface area contributed by atoms with Gasteiger partial charge in [0, 0.05) is 6.42 Å². The van der Waals surface area contributed by atoms with E-state index in [4.69, 9.17) is 4.74 Å². The third-order valence-electron chi connectivity index (χ3n) is 14.7. The minimum atomic E-state index is -0.458. The standard InChI is InChI=1S/C37H54O4/c1-24(38)22-26-14-19-37(32(40)41-23-25-10-8-7-9-11-25)21-20-35(5)27(31(26)37)12-13-29-34(4)17-16-30(39)33(2,3)28(34)15-18-36(29,35)6/h7-11,26-31,39H,12-23H2,1-6H3. The molecule has 0 spiro atoms. The summed E-state index contributed by atoms with van der Waals surface area (Å²) in [4.78, 5) is 26.7. The topological polar surface area (TPSA) is 63.6 Å². The van der Waals surface area contributed by atoms with Crippen LogP contribution in [0.5, 0.6) is 0 Å². The predicted molar refractivity (Wildman–Crippen MR) is 162 cm³/mol. The first kappa shape index (κ1) is 29.4. The summed E-state index contributed by atoms with van der Waals surface area (Å²) in [5.41, 5.74) is 1.10. The van der Waals surface area contributed by atoms with Crippen LogP contribution in [0.4, 0.5) is 0 Å². The molecule has 1 N–H and O–H groups in total. The van der Waals surface area contributed by atoms with Crippen LogP contribution in [0.15, 0.2) is 30.3 Å². The van der Waals surface area contributed by atoms with Crippen LogP contribution in [-0.4, -0.2) is 23.0 Å². The highest BCUT2D eigenvalue weighted by Crippen LogP contribution is 2.77. The number of carbonyl (C=O) groups is 2. The van der Waals surface area contributed by atoms with Crippen molar-refractivity contribution in [2.45, 2.75) is 125 Å². The van der Waals surface area contributed by atoms with E-state index in [2.05, 4.69) is 34.6 Å². The average Bonchev–Trinajstić information content (AvgIpc) is 3.29. The third-order valence-corrected chi connectivity index (χ3v) is 14.7. The van der Waals surface area contributed by atoms with E-state index < -0.39 is 5.41 Å². The Bertz CT molecular complexity index is 1170. The Morgan fingerprint density at radius 2 is 1.56 bits per heavy atom. The van der Waals surface area contributed by atoms with Gasteiger partial charge in [0.2, 0.25) is 0 Å². The molecule has 226 valence electrons. The quantitative estimate of drug-likeness (QED) is 0.368. The molecule has 0 radical (unpaired) electrons. The number of esters is 1. The van der Waals surface area contributed by atoms with Crippen molar-refractivity contribution < 1.29 is 19.4 Å². The Kier molecular flexibility index (Phi) is 7.12. The molecule has 1 aromatic carbocycles. The molecule has 5 saturated carbocycles. The molecule has 41 heavy (non-hydrogen) atoms. The smallest absolute Gasteiger partial charge is 0.312 e. The molecule has 0 amide bonds. The number of hydrogen-bond acceptors (Lipinski definition) is 4. The normalized spacial score (nSPS) is 46.4. The number of Topliss-reactive ketones (excluding diaryl/α,β-unsaturated/α-hetero) is 1. The molecule has 1 aromatic rings. The number of carbonyl (C=O) groups excluding carboxylic acids is 2. The summed E-state index contributed by atoms with van der Waals surface area (Å²) in [6.07, 6.45) is 10.9. The van der Waals surface area contributed by atoms with Gasteiger partial charge in [-0.2, -0.15) is 0 Å². The molecule has 5 aliphatic rings. The van der Waals surface area contributed by atoms with Crippen LogP contribution >= 0.6 is 0 Å². The monoisotopic (exact) mass is 562 g/mol. The van der Waals surface area contributed by atoms with E-state index in [1.54, 1.807) is 6.92 Å². The van der Waals surface area contributed by atoms with Crippen LogP contribution in [0.3, 0.4) is 0 Å². The molecular weight excluding hydrogens is 508 g/mol. The maximum absolute atomic E-state index is 14.2. The van der Waals surface area contributed by atoms with Gasteiger partial charge in [0.25, 0.3) is 0 Å². The Morgan fingerprint density at radius 1 is 0.829 bits per heavy atom. The van der Waals surface area contributed by atoms with Crippen molar-refractivity contribution in [3.05, 3.63) is 35.9 Å². The molecule has 4 nitrogen and oxygen atoms in total. The van der Waals surface area contributed by atoms with Crippen molar-refractivity contribution >= 4 is 11.8 Å². The summed E-state index contributed by atoms with van der Waals surface area (Å²) in [6.45, 7) is 14.5. The van der Waals surface area contributed by atoms with Crippen molar-refractivity contribution in [3.63, 3.8) is 0 Å². The van der Waals surface area contributed by atoms with Gasteiger partial charge < -0.3 is 14.6 Å². The fraction of sp³-hybridized carbons (Fsp3) is 0.784. The number of ether oxygens (including phenoxy) is 1. The highest BCUT2D eigenvalue weighted by molar-refractivity contribution is 5.79. The number of fused-ring (bicyclic) bond motifs is 7. The van der Waals surface area contributed by atoms with E-state index in [0.717, 1.165) is 50.5 Å². The first-order chi connectivity index (χ1) is 19.3. The van der Waals surface area contributed by atoms with Crippen LogP contribution in [0, 0.1) is 56.7 Å². The van der Waals surface area contributed by atoms with Crippen molar-refractivity contribution in [2.24, 2.45) is 56.7 Å². The first-order valence-electron chi connectivity index (χ1n) is 16.7. The second kappa shape index (κ2) is 9.93. The Hall–Kier alpha value is -1.68. The number of benzene rings is 1. The van der Waals surface area contributed by atoms with Crippen LogP contribution < -0.4 is 0 Å². The molecule has 5 aliphatic carbocycles. The first-order valence-corrected chi connectivity index (χ1v) is 16.7. The van der Waals surface area contributed by atoms with Crippen LogP contribution in [-0.2, 0) is 20.9 Å². The lowest BCUT2D eigenvalue weighted by Crippen LogP contribution is -2.67. The molecule has 0 saturated heterocycles. The zero-order valence-corrected chi connectivity index (χ0v) is 26.5. The largest absolute Gasteiger partial charge is 0.460 e. The molecule has 0 bridgehead atoms. The molecule has 10 atom stereocenters. The summed E-state index contributed by atoms with van der Waals surface area (Å²) >= 11 is 0. The molecule has 0 heterocycles. The van der Waals surface area contributed by atoms with E-state index in [1.807, 2.05) is 30.3 Å². The van der Waals surface area contributed by atoms with Crippen molar-refractivity contribution in [2.75, 3.05) is 0 Å². The second-order valence-electron chi connectivity index (χ2n) is 16.5. The van der Waals surface area contributed by atoms with E-state index >= 15 is 0 Å². The fourth-order valence-corrected chi connectivity index (χ4v) is 12.5. The molecule has 0 aliphatic heterocycles. The molecule has 4 heteroatoms. The summed E-state index contributed by atoms with van der Waals surface area (Å²) in [5, 5.41) is 11.0. The Morgan fingerprint density at radius 3 is 2.27 bits per heavy atom. The molecule has 10 unspecified atom stereocenters. The molecule has 5 fully saturated rings. The van der Waals surface area contributed by atoms with Crippen LogP contribution in [0.2, 0.25) is 0 Å². The number of ketones is 1. The van der Waals surface area contributed by atoms with E-state index in [9.17, 15) is 14.7 Å². The van der Waals surface area contributed by atoms with E-state index in [1.165, 1.54) is 19.3 Å². The van der Waals surface area contributed by atoms with Crippen molar-refractivity contribution in [1.29, 1.82) is 0 Å². The van der Waals surface area contributed by atoms with Gasteiger partial charge in [-0.3, -0.25) is 4.79 Å². The van der Waals surface area contributed by atoms with Gasteiger partial charge in [0.05, 0.1) is 11.5 Å². The predicted octanol–water partition coefficient (Wildman–Crippen LogP) is 8.15. The number of aliphatic hydroxyl groups is 1. The molecule has 0 aromatic heterocycles. The van der Waals surface area contributed by atoms with E-state index in [0.29, 0.717) is 30.8 Å².